The van der Waals surface area contributed by atoms with E-state index in [4.69, 9.17) is 0 Å². The molecule has 1 aromatic carbocycles. The molecule has 2 fully saturated rings. The summed E-state index contributed by atoms with van der Waals surface area (Å²) in [6.45, 7) is 0.728. The van der Waals surface area contributed by atoms with Gasteiger partial charge < -0.3 is 10.2 Å². The van der Waals surface area contributed by atoms with E-state index >= 15 is 0 Å². The van der Waals surface area contributed by atoms with E-state index in [0.29, 0.717) is 24.0 Å². The monoisotopic (exact) mass is 339 g/mol. The van der Waals surface area contributed by atoms with Crippen LogP contribution in [0, 0.1) is 11.8 Å². The molecular formula is C18H21N5O2. The van der Waals surface area contributed by atoms with Crippen LogP contribution in [0.1, 0.15) is 29.8 Å². The van der Waals surface area contributed by atoms with Gasteiger partial charge in [-0.25, -0.2) is 4.68 Å². The van der Waals surface area contributed by atoms with Crippen molar-refractivity contribution in [3.8, 4) is 5.69 Å². The number of aromatic nitrogens is 3. The van der Waals surface area contributed by atoms with Crippen LogP contribution in [0.2, 0.25) is 0 Å². The molecule has 7 heteroatoms. The van der Waals surface area contributed by atoms with Crippen LogP contribution in [0.15, 0.2) is 36.5 Å². The maximum Gasteiger partial charge on any atom is 0.276 e. The van der Waals surface area contributed by atoms with Gasteiger partial charge in [0.25, 0.3) is 5.91 Å². The van der Waals surface area contributed by atoms with E-state index in [1.54, 1.807) is 15.8 Å². The van der Waals surface area contributed by atoms with Gasteiger partial charge in [0.1, 0.15) is 0 Å². The van der Waals surface area contributed by atoms with Crippen LogP contribution in [-0.4, -0.2) is 51.3 Å². The molecule has 25 heavy (non-hydrogen) atoms. The summed E-state index contributed by atoms with van der Waals surface area (Å²) in [5, 5.41) is 11.0. The third-order valence-corrected chi connectivity index (χ3v) is 5.43. The van der Waals surface area contributed by atoms with Crippen LogP contribution in [-0.2, 0) is 4.79 Å². The number of nitrogens with one attached hydrogen (secondary N) is 1. The molecule has 1 aliphatic carbocycles. The van der Waals surface area contributed by atoms with Gasteiger partial charge in [0.2, 0.25) is 5.91 Å². The molecule has 2 aromatic rings. The molecular weight excluding hydrogens is 318 g/mol. The lowest BCUT2D eigenvalue weighted by Gasteiger charge is -2.24. The first-order chi connectivity index (χ1) is 12.1. The Morgan fingerprint density at radius 1 is 1.24 bits per heavy atom. The maximum atomic E-state index is 12.8. The minimum atomic E-state index is -0.120. The molecule has 130 valence electrons. The van der Waals surface area contributed by atoms with Crippen molar-refractivity contribution in [3.63, 3.8) is 0 Å². The van der Waals surface area contributed by atoms with E-state index in [1.165, 1.54) is 0 Å². The zero-order valence-corrected chi connectivity index (χ0v) is 14.1. The average Bonchev–Trinajstić information content (AvgIpc) is 3.28. The Kier molecular flexibility index (Phi) is 3.99. The second-order valence-corrected chi connectivity index (χ2v) is 6.95. The molecule has 1 aromatic heterocycles. The van der Waals surface area contributed by atoms with E-state index < -0.39 is 0 Å². The summed E-state index contributed by atoms with van der Waals surface area (Å²) in [5.74, 6) is 0.860. The molecule has 1 aliphatic heterocycles. The largest absolute Gasteiger partial charge is 0.356 e. The molecule has 0 bridgehead atoms. The van der Waals surface area contributed by atoms with Crippen molar-refractivity contribution in [2.24, 2.45) is 11.8 Å². The third-order valence-electron chi connectivity index (χ3n) is 5.43. The van der Waals surface area contributed by atoms with Gasteiger partial charge in [-0.15, -0.1) is 5.10 Å². The quantitative estimate of drug-likeness (QED) is 0.913. The first kappa shape index (κ1) is 15.8. The second-order valence-electron chi connectivity index (χ2n) is 6.95. The number of carbonyl (C=O) groups is 2. The van der Waals surface area contributed by atoms with Crippen molar-refractivity contribution >= 4 is 11.8 Å². The lowest BCUT2D eigenvalue weighted by molar-refractivity contribution is -0.124. The number of hydrogen-bond acceptors (Lipinski definition) is 4. The zero-order chi connectivity index (χ0) is 17.4. The average molecular weight is 339 g/mol. The maximum absolute atomic E-state index is 12.8. The van der Waals surface area contributed by atoms with Gasteiger partial charge >= 0.3 is 0 Å². The summed E-state index contributed by atoms with van der Waals surface area (Å²) in [4.78, 5) is 26.1. The van der Waals surface area contributed by atoms with Gasteiger partial charge in [0.05, 0.1) is 11.9 Å². The van der Waals surface area contributed by atoms with Crippen molar-refractivity contribution in [3.05, 3.63) is 42.2 Å². The predicted molar refractivity (Wildman–Crippen MR) is 91.1 cm³/mol. The fraction of sp³-hybridized carbons (Fsp3) is 0.444. The first-order valence-electron chi connectivity index (χ1n) is 8.63. The Bertz CT molecular complexity index is 788. The molecule has 2 aliphatic rings. The third kappa shape index (κ3) is 3.01. The van der Waals surface area contributed by atoms with Crippen molar-refractivity contribution in [2.75, 3.05) is 13.6 Å². The van der Waals surface area contributed by atoms with Crippen LogP contribution < -0.4 is 5.32 Å². The van der Waals surface area contributed by atoms with Gasteiger partial charge in [0, 0.05) is 26.1 Å². The van der Waals surface area contributed by atoms with E-state index in [9.17, 15) is 9.59 Å². The summed E-state index contributed by atoms with van der Waals surface area (Å²) in [6, 6.07) is 9.74. The van der Waals surface area contributed by atoms with Gasteiger partial charge in [-0.2, -0.15) is 0 Å². The summed E-state index contributed by atoms with van der Waals surface area (Å²) in [5.41, 5.74) is 1.21. The predicted octanol–water partition coefficient (Wildman–Crippen LogP) is 1.25. The molecule has 0 spiro atoms. The van der Waals surface area contributed by atoms with Crippen LogP contribution in [0.4, 0.5) is 0 Å². The highest BCUT2D eigenvalue weighted by Crippen LogP contribution is 2.38. The smallest absolute Gasteiger partial charge is 0.276 e. The summed E-state index contributed by atoms with van der Waals surface area (Å²) in [6.07, 6.45) is 4.06. The van der Waals surface area contributed by atoms with E-state index in [1.807, 2.05) is 37.4 Å². The van der Waals surface area contributed by atoms with Crippen molar-refractivity contribution in [1.82, 2.24) is 25.2 Å². The van der Waals surface area contributed by atoms with Crippen LogP contribution in [0.25, 0.3) is 5.69 Å². The molecule has 4 rings (SSSR count). The Hall–Kier alpha value is -2.70. The molecule has 7 nitrogen and oxygen atoms in total. The number of para-hydroxylation sites is 1. The van der Waals surface area contributed by atoms with Crippen LogP contribution in [0.5, 0.6) is 0 Å². The highest BCUT2D eigenvalue weighted by molar-refractivity contribution is 5.92. The number of benzene rings is 1. The minimum Gasteiger partial charge on any atom is -0.356 e. The number of fused-ring (bicyclic) bond motifs is 1. The topological polar surface area (TPSA) is 80.1 Å². The molecule has 0 radical (unpaired) electrons. The number of piperidine rings is 1. The lowest BCUT2D eigenvalue weighted by atomic mass is 9.89. The van der Waals surface area contributed by atoms with E-state index in [2.05, 4.69) is 15.6 Å². The molecule has 1 saturated carbocycles. The van der Waals surface area contributed by atoms with E-state index in [-0.39, 0.29) is 17.9 Å². The van der Waals surface area contributed by atoms with Gasteiger partial charge in [-0.05, 0) is 36.8 Å². The van der Waals surface area contributed by atoms with Crippen molar-refractivity contribution in [2.45, 2.75) is 25.3 Å². The number of rotatable bonds is 3. The summed E-state index contributed by atoms with van der Waals surface area (Å²) >= 11 is 0. The lowest BCUT2D eigenvalue weighted by Crippen LogP contribution is -2.38. The normalized spacial score (nSPS) is 25.3. The highest BCUT2D eigenvalue weighted by Gasteiger charge is 2.41. The standard InChI is InChI=1S/C18H21N5O2/c1-22(15-7-12-9-17(24)19-10-13(12)8-15)18(25)16-11-23(21-20-16)14-5-3-2-4-6-14/h2-6,11-13,15H,7-10H2,1H3,(H,19,24)/t12-,13+,15-/m0/s1. The number of nitrogens with zero attached hydrogens (tertiary/aromatic N) is 4. The van der Waals surface area contributed by atoms with Gasteiger partial charge in [-0.3, -0.25) is 9.59 Å². The Labute approximate surface area is 146 Å². The second kappa shape index (κ2) is 6.31. The van der Waals surface area contributed by atoms with Gasteiger partial charge in [-0.1, -0.05) is 23.4 Å². The SMILES string of the molecule is CN(C(=O)c1cn(-c2ccccc2)nn1)[C@H]1C[C@H]2CC(=O)NC[C@H]2C1. The van der Waals surface area contributed by atoms with E-state index in [0.717, 1.165) is 25.1 Å². The Morgan fingerprint density at radius 3 is 2.80 bits per heavy atom. The number of hydrogen-bond donors (Lipinski definition) is 1. The van der Waals surface area contributed by atoms with Crippen LogP contribution >= 0.6 is 0 Å². The Morgan fingerprint density at radius 2 is 2.00 bits per heavy atom. The first-order valence-corrected chi connectivity index (χ1v) is 8.63. The minimum absolute atomic E-state index is 0.120. The Balaban J connectivity index is 1.46. The van der Waals surface area contributed by atoms with Crippen molar-refractivity contribution < 1.29 is 9.59 Å². The van der Waals surface area contributed by atoms with Crippen LogP contribution in [0.3, 0.4) is 0 Å². The number of carbonyl (C=O) groups excluding carboxylic acids is 2. The molecule has 1 saturated heterocycles. The summed E-state index contributed by atoms with van der Waals surface area (Å²) < 4.78 is 1.61. The molecule has 2 heterocycles. The molecule has 0 unspecified atom stereocenters. The van der Waals surface area contributed by atoms with Gasteiger partial charge in [0.15, 0.2) is 5.69 Å². The molecule has 2 amide bonds. The fourth-order valence-electron chi connectivity index (χ4n) is 3.97. The van der Waals surface area contributed by atoms with Crippen molar-refractivity contribution in [1.29, 1.82) is 0 Å². The summed E-state index contributed by atoms with van der Waals surface area (Å²) in [7, 11) is 1.82. The molecule has 3 atom stereocenters. The molecule has 1 N–H and O–H groups in total. The zero-order valence-electron chi connectivity index (χ0n) is 14.1. The number of amides is 2. The highest BCUT2D eigenvalue weighted by atomic mass is 16.2. The fourth-order valence-corrected chi connectivity index (χ4v) is 3.97.